The quantitative estimate of drug-likeness (QED) is 0.529. The first-order valence-electron chi connectivity index (χ1n) is 8.24. The van der Waals surface area contributed by atoms with Gasteiger partial charge in [0.25, 0.3) is 0 Å². The van der Waals surface area contributed by atoms with E-state index >= 15 is 0 Å². The maximum Gasteiger partial charge on any atom is 0.350 e. The third-order valence-corrected chi connectivity index (χ3v) is 4.30. The van der Waals surface area contributed by atoms with Crippen LogP contribution in [0.4, 0.5) is 4.39 Å². The lowest BCUT2D eigenvalue weighted by molar-refractivity contribution is 0.356. The summed E-state index contributed by atoms with van der Waals surface area (Å²) in [5.41, 5.74) is 0.149. The first kappa shape index (κ1) is 17.5. The molecule has 2 aromatic heterocycles. The van der Waals surface area contributed by atoms with Crippen molar-refractivity contribution in [3.63, 3.8) is 0 Å². The molecular formula is C19H15FN4O4. The minimum absolute atomic E-state index is 0.168. The fraction of sp³-hybridized carbons (Fsp3) is 0.105. The fourth-order valence-corrected chi connectivity index (χ4v) is 2.99. The van der Waals surface area contributed by atoms with Crippen LogP contribution < -0.4 is 20.7 Å². The van der Waals surface area contributed by atoms with Gasteiger partial charge in [0.15, 0.2) is 11.5 Å². The lowest BCUT2D eigenvalue weighted by Gasteiger charge is -2.06. The summed E-state index contributed by atoms with van der Waals surface area (Å²) >= 11 is 0. The van der Waals surface area contributed by atoms with Gasteiger partial charge < -0.3 is 19.4 Å². The fourth-order valence-electron chi connectivity index (χ4n) is 2.99. The van der Waals surface area contributed by atoms with Crippen LogP contribution in [0.1, 0.15) is 5.56 Å². The minimum atomic E-state index is -0.721. The molecule has 2 heterocycles. The summed E-state index contributed by atoms with van der Waals surface area (Å²) in [6.07, 6.45) is 1.24. The standard InChI is InChI=1S/C19H15FN4O4/c1-27-14-7-12-13(8-15(14)28-2)22-17-16(12)23-19(26)24(18(17)25)21-9-10-4-3-5-11(20)6-10/h3-9,22H,1-2H3,(H,23,26)/b21-9+. The summed E-state index contributed by atoms with van der Waals surface area (Å²) in [6.45, 7) is 0. The SMILES string of the molecule is COc1cc2[nH]c3c(=O)n(/N=C/c4cccc(F)c4)c(=O)[nH]c3c2cc1OC. The van der Waals surface area contributed by atoms with Gasteiger partial charge in [-0.25, -0.2) is 9.18 Å². The highest BCUT2D eigenvalue weighted by Crippen LogP contribution is 2.34. The Kier molecular flexibility index (Phi) is 4.19. The zero-order chi connectivity index (χ0) is 19.8. The Morgan fingerprint density at radius 1 is 1.04 bits per heavy atom. The molecule has 0 aliphatic rings. The maximum atomic E-state index is 13.3. The Labute approximate surface area is 156 Å². The average Bonchev–Trinajstić information content (AvgIpc) is 3.04. The molecule has 0 radical (unpaired) electrons. The van der Waals surface area contributed by atoms with Gasteiger partial charge in [-0.15, -0.1) is 4.68 Å². The van der Waals surface area contributed by atoms with E-state index in [4.69, 9.17) is 9.47 Å². The Bertz CT molecular complexity index is 1350. The van der Waals surface area contributed by atoms with Gasteiger partial charge in [0.2, 0.25) is 0 Å². The zero-order valence-corrected chi connectivity index (χ0v) is 14.9. The molecule has 9 heteroatoms. The van der Waals surface area contributed by atoms with Crippen molar-refractivity contribution in [3.05, 3.63) is 68.6 Å². The molecule has 28 heavy (non-hydrogen) atoms. The van der Waals surface area contributed by atoms with Crippen LogP contribution in [-0.2, 0) is 0 Å². The lowest BCUT2D eigenvalue weighted by Crippen LogP contribution is -2.32. The molecular weight excluding hydrogens is 367 g/mol. The number of hydrogen-bond donors (Lipinski definition) is 2. The highest BCUT2D eigenvalue weighted by Gasteiger charge is 2.15. The van der Waals surface area contributed by atoms with Gasteiger partial charge >= 0.3 is 11.2 Å². The number of nitrogens with zero attached hydrogens (tertiary/aromatic N) is 2. The number of aromatic nitrogens is 3. The Hall–Kier alpha value is -3.88. The van der Waals surface area contributed by atoms with Gasteiger partial charge in [0, 0.05) is 11.5 Å². The summed E-state index contributed by atoms with van der Waals surface area (Å²) in [7, 11) is 3.00. The minimum Gasteiger partial charge on any atom is -0.493 e. The third kappa shape index (κ3) is 2.82. The van der Waals surface area contributed by atoms with Crippen LogP contribution in [0.25, 0.3) is 21.9 Å². The van der Waals surface area contributed by atoms with Crippen LogP contribution in [0.15, 0.2) is 51.1 Å². The normalized spacial score (nSPS) is 11.5. The molecule has 2 aromatic carbocycles. The second kappa shape index (κ2) is 6.69. The first-order chi connectivity index (χ1) is 13.5. The van der Waals surface area contributed by atoms with Crippen LogP contribution >= 0.6 is 0 Å². The highest BCUT2D eigenvalue weighted by atomic mass is 19.1. The number of rotatable bonds is 4. The molecule has 0 amide bonds. The lowest BCUT2D eigenvalue weighted by atomic mass is 10.2. The molecule has 0 aliphatic heterocycles. The van der Waals surface area contributed by atoms with E-state index in [9.17, 15) is 14.0 Å². The van der Waals surface area contributed by atoms with E-state index in [1.165, 1.54) is 38.6 Å². The van der Waals surface area contributed by atoms with Gasteiger partial charge in [-0.3, -0.25) is 4.79 Å². The topological polar surface area (TPSA) is 101 Å². The monoisotopic (exact) mass is 382 g/mol. The number of fused-ring (bicyclic) bond motifs is 3. The molecule has 0 saturated heterocycles. The van der Waals surface area contributed by atoms with Gasteiger partial charge in [-0.1, -0.05) is 12.1 Å². The number of benzene rings is 2. The van der Waals surface area contributed by atoms with E-state index in [0.29, 0.717) is 38.2 Å². The van der Waals surface area contributed by atoms with Crippen molar-refractivity contribution >= 4 is 28.2 Å². The van der Waals surface area contributed by atoms with Crippen molar-refractivity contribution < 1.29 is 13.9 Å². The van der Waals surface area contributed by atoms with Crippen molar-refractivity contribution in [2.24, 2.45) is 5.10 Å². The molecule has 0 fully saturated rings. The number of H-pyrrole nitrogens is 2. The molecule has 0 aliphatic carbocycles. The van der Waals surface area contributed by atoms with Crippen molar-refractivity contribution in [3.8, 4) is 11.5 Å². The van der Waals surface area contributed by atoms with Crippen molar-refractivity contribution in [1.29, 1.82) is 0 Å². The number of halogens is 1. The van der Waals surface area contributed by atoms with Gasteiger partial charge in [0.05, 0.1) is 31.5 Å². The first-order valence-corrected chi connectivity index (χ1v) is 8.24. The van der Waals surface area contributed by atoms with Crippen LogP contribution in [0.2, 0.25) is 0 Å². The number of methoxy groups -OCH3 is 2. The molecule has 2 N–H and O–H groups in total. The van der Waals surface area contributed by atoms with Crippen molar-refractivity contribution in [2.45, 2.75) is 0 Å². The summed E-state index contributed by atoms with van der Waals surface area (Å²) in [5, 5.41) is 4.50. The molecule has 4 rings (SSSR count). The summed E-state index contributed by atoms with van der Waals surface area (Å²) in [5.74, 6) is 0.498. The maximum absolute atomic E-state index is 13.3. The van der Waals surface area contributed by atoms with E-state index in [1.54, 1.807) is 18.2 Å². The number of aromatic amines is 2. The molecule has 0 spiro atoms. The predicted octanol–water partition coefficient (Wildman–Crippen LogP) is 2.21. The van der Waals surface area contributed by atoms with E-state index in [1.807, 2.05) is 0 Å². The van der Waals surface area contributed by atoms with E-state index in [2.05, 4.69) is 15.1 Å². The van der Waals surface area contributed by atoms with Crippen LogP contribution in [0.3, 0.4) is 0 Å². The predicted molar refractivity (Wildman–Crippen MR) is 103 cm³/mol. The van der Waals surface area contributed by atoms with E-state index in [0.717, 1.165) is 0 Å². The largest absolute Gasteiger partial charge is 0.493 e. The number of ether oxygens (including phenoxy) is 2. The van der Waals surface area contributed by atoms with Gasteiger partial charge in [-0.2, -0.15) is 5.10 Å². The Balaban J connectivity index is 1.92. The number of nitrogens with one attached hydrogen (secondary N) is 2. The van der Waals surface area contributed by atoms with E-state index in [-0.39, 0.29) is 5.52 Å². The van der Waals surface area contributed by atoms with Gasteiger partial charge in [0.1, 0.15) is 11.3 Å². The highest BCUT2D eigenvalue weighted by molar-refractivity contribution is 6.05. The summed E-state index contributed by atoms with van der Waals surface area (Å²) in [4.78, 5) is 30.8. The molecule has 0 bridgehead atoms. The van der Waals surface area contributed by atoms with Crippen molar-refractivity contribution in [1.82, 2.24) is 14.6 Å². The smallest absolute Gasteiger partial charge is 0.350 e. The van der Waals surface area contributed by atoms with Crippen LogP contribution in [0.5, 0.6) is 11.5 Å². The molecule has 4 aromatic rings. The molecule has 0 saturated carbocycles. The Morgan fingerprint density at radius 3 is 2.50 bits per heavy atom. The van der Waals surface area contributed by atoms with Crippen LogP contribution in [-0.4, -0.2) is 35.1 Å². The molecule has 142 valence electrons. The van der Waals surface area contributed by atoms with Crippen molar-refractivity contribution in [2.75, 3.05) is 14.2 Å². The molecule has 0 atom stereocenters. The molecule has 0 unspecified atom stereocenters. The Morgan fingerprint density at radius 2 is 1.79 bits per heavy atom. The number of hydrogen-bond acceptors (Lipinski definition) is 5. The second-order valence-electron chi connectivity index (χ2n) is 5.97. The third-order valence-electron chi connectivity index (χ3n) is 4.30. The van der Waals surface area contributed by atoms with Crippen LogP contribution in [0, 0.1) is 5.82 Å². The molecule has 8 nitrogen and oxygen atoms in total. The average molecular weight is 382 g/mol. The van der Waals surface area contributed by atoms with E-state index < -0.39 is 17.1 Å². The summed E-state index contributed by atoms with van der Waals surface area (Å²) < 4.78 is 24.5. The van der Waals surface area contributed by atoms with Gasteiger partial charge in [-0.05, 0) is 23.8 Å². The second-order valence-corrected chi connectivity index (χ2v) is 5.97. The zero-order valence-electron chi connectivity index (χ0n) is 14.9. The summed E-state index contributed by atoms with van der Waals surface area (Å²) in [6, 6.07) is 8.98.